The van der Waals surface area contributed by atoms with Crippen LogP contribution in [0.5, 0.6) is 0 Å². The lowest BCUT2D eigenvalue weighted by atomic mass is 9.96. The van der Waals surface area contributed by atoms with Crippen molar-refractivity contribution < 1.29 is 9.90 Å². The number of aromatic nitrogens is 2. The first kappa shape index (κ1) is 19.0. The molecule has 0 radical (unpaired) electrons. The van der Waals surface area contributed by atoms with Crippen LogP contribution in [0.3, 0.4) is 0 Å². The van der Waals surface area contributed by atoms with Crippen molar-refractivity contribution in [3.63, 3.8) is 0 Å². The molecule has 0 bridgehead atoms. The number of H-pyrrole nitrogens is 1. The van der Waals surface area contributed by atoms with Crippen molar-refractivity contribution in [2.24, 2.45) is 11.8 Å². The summed E-state index contributed by atoms with van der Waals surface area (Å²) in [4.78, 5) is 35.6. The summed E-state index contributed by atoms with van der Waals surface area (Å²) in [6.07, 6.45) is 6.63. The third kappa shape index (κ3) is 4.71. The standard InChI is InChI=1S/C19H30N4O3/c1-14-20-9-15(19(26)21-14)8-18(25)23-11-16(17(12-23)13-24)10-22-6-4-2-3-5-7-22/h9,16-17,24H,2-8,10-13H2,1H3,(H,20,21,26)/t16-,17-/m1/s1. The molecule has 0 saturated carbocycles. The second kappa shape index (κ2) is 8.77. The van der Waals surface area contributed by atoms with E-state index in [-0.39, 0.29) is 30.4 Å². The minimum Gasteiger partial charge on any atom is -0.396 e. The Balaban J connectivity index is 1.60. The van der Waals surface area contributed by atoms with Gasteiger partial charge in [-0.15, -0.1) is 0 Å². The highest BCUT2D eigenvalue weighted by atomic mass is 16.3. The minimum absolute atomic E-state index is 0.0574. The fourth-order valence-electron chi connectivity index (χ4n) is 4.12. The predicted molar refractivity (Wildman–Crippen MR) is 98.9 cm³/mol. The van der Waals surface area contributed by atoms with Crippen LogP contribution in [0.1, 0.15) is 37.1 Å². The summed E-state index contributed by atoms with van der Waals surface area (Å²) in [5.41, 5.74) is 0.155. The van der Waals surface area contributed by atoms with Crippen LogP contribution in [0.15, 0.2) is 11.0 Å². The Kier molecular flexibility index (Phi) is 6.43. The van der Waals surface area contributed by atoms with Crippen LogP contribution in [-0.4, -0.2) is 70.1 Å². The first-order chi connectivity index (χ1) is 12.6. The number of aromatic amines is 1. The molecule has 2 atom stereocenters. The molecule has 26 heavy (non-hydrogen) atoms. The average Bonchev–Trinajstić information content (AvgIpc) is 2.84. The van der Waals surface area contributed by atoms with Crippen molar-refractivity contribution in [1.82, 2.24) is 19.8 Å². The number of aliphatic hydroxyl groups is 1. The molecule has 3 heterocycles. The Hall–Kier alpha value is -1.73. The van der Waals surface area contributed by atoms with Crippen LogP contribution in [0, 0.1) is 18.8 Å². The minimum atomic E-state index is -0.245. The Bertz CT molecular complexity index is 667. The molecule has 0 unspecified atom stereocenters. The lowest BCUT2D eigenvalue weighted by molar-refractivity contribution is -0.129. The van der Waals surface area contributed by atoms with Gasteiger partial charge in [0.15, 0.2) is 0 Å². The van der Waals surface area contributed by atoms with E-state index < -0.39 is 0 Å². The molecule has 0 aromatic carbocycles. The smallest absolute Gasteiger partial charge is 0.254 e. The van der Waals surface area contributed by atoms with Crippen molar-refractivity contribution in [2.45, 2.75) is 39.0 Å². The molecular weight excluding hydrogens is 332 g/mol. The van der Waals surface area contributed by atoms with Crippen molar-refractivity contribution >= 4 is 5.91 Å². The molecule has 1 aromatic rings. The number of nitrogens with zero attached hydrogens (tertiary/aromatic N) is 3. The van der Waals surface area contributed by atoms with E-state index in [4.69, 9.17) is 0 Å². The number of amides is 1. The fourth-order valence-corrected chi connectivity index (χ4v) is 4.12. The third-order valence-electron chi connectivity index (χ3n) is 5.70. The molecule has 3 rings (SSSR count). The highest BCUT2D eigenvalue weighted by molar-refractivity contribution is 5.78. The van der Waals surface area contributed by atoms with Crippen molar-refractivity contribution in [2.75, 3.05) is 39.3 Å². The second-order valence-corrected chi connectivity index (χ2v) is 7.72. The normalized spacial score (nSPS) is 24.6. The number of hydrogen-bond acceptors (Lipinski definition) is 5. The van der Waals surface area contributed by atoms with Crippen LogP contribution in [0.25, 0.3) is 0 Å². The Labute approximate surface area is 154 Å². The molecule has 2 N–H and O–H groups in total. The van der Waals surface area contributed by atoms with Gasteiger partial charge in [0.1, 0.15) is 5.82 Å². The van der Waals surface area contributed by atoms with Crippen LogP contribution in [0.4, 0.5) is 0 Å². The maximum Gasteiger partial charge on any atom is 0.254 e. The lowest BCUT2D eigenvalue weighted by Gasteiger charge is -2.26. The molecule has 1 aromatic heterocycles. The summed E-state index contributed by atoms with van der Waals surface area (Å²) in [6, 6.07) is 0. The number of rotatable bonds is 5. The van der Waals surface area contributed by atoms with Gasteiger partial charge in [-0.1, -0.05) is 12.8 Å². The Morgan fingerprint density at radius 3 is 2.58 bits per heavy atom. The van der Waals surface area contributed by atoms with Crippen molar-refractivity contribution in [1.29, 1.82) is 0 Å². The fraction of sp³-hybridized carbons (Fsp3) is 0.737. The van der Waals surface area contributed by atoms with Gasteiger partial charge in [-0.25, -0.2) is 4.98 Å². The van der Waals surface area contributed by atoms with Crippen molar-refractivity contribution in [3.8, 4) is 0 Å². The van der Waals surface area contributed by atoms with Gasteiger partial charge in [0.25, 0.3) is 5.56 Å². The molecule has 144 valence electrons. The molecule has 0 spiro atoms. The zero-order valence-electron chi connectivity index (χ0n) is 15.6. The van der Waals surface area contributed by atoms with Gasteiger partial charge in [0.05, 0.1) is 6.42 Å². The van der Waals surface area contributed by atoms with Crippen LogP contribution in [-0.2, 0) is 11.2 Å². The molecule has 2 fully saturated rings. The average molecular weight is 362 g/mol. The van der Waals surface area contributed by atoms with E-state index in [1.165, 1.54) is 31.9 Å². The first-order valence-corrected chi connectivity index (χ1v) is 9.72. The number of nitrogens with one attached hydrogen (secondary N) is 1. The largest absolute Gasteiger partial charge is 0.396 e. The predicted octanol–water partition coefficient (Wildman–Crippen LogP) is 0.564. The highest BCUT2D eigenvalue weighted by Gasteiger charge is 2.35. The van der Waals surface area contributed by atoms with Gasteiger partial charge >= 0.3 is 0 Å². The summed E-state index contributed by atoms with van der Waals surface area (Å²) in [6.45, 7) is 6.24. The zero-order valence-corrected chi connectivity index (χ0v) is 15.6. The van der Waals surface area contributed by atoms with Crippen LogP contribution in [0.2, 0.25) is 0 Å². The molecule has 2 aliphatic heterocycles. The zero-order chi connectivity index (χ0) is 18.5. The first-order valence-electron chi connectivity index (χ1n) is 9.72. The summed E-state index contributed by atoms with van der Waals surface area (Å²) < 4.78 is 0. The maximum absolute atomic E-state index is 12.7. The quantitative estimate of drug-likeness (QED) is 0.799. The summed E-state index contributed by atoms with van der Waals surface area (Å²) in [7, 11) is 0. The van der Waals surface area contributed by atoms with Gasteiger partial charge < -0.3 is 19.9 Å². The lowest BCUT2D eigenvalue weighted by Crippen LogP contribution is -2.35. The number of carbonyl (C=O) groups excluding carboxylic acids is 1. The van der Waals surface area contributed by atoms with E-state index >= 15 is 0 Å². The summed E-state index contributed by atoms with van der Waals surface area (Å²) in [5, 5.41) is 9.76. The number of aliphatic hydroxyl groups excluding tert-OH is 1. The molecular formula is C19H30N4O3. The number of aryl methyl sites for hydroxylation is 1. The van der Waals surface area contributed by atoms with E-state index in [0.717, 1.165) is 19.6 Å². The van der Waals surface area contributed by atoms with E-state index in [2.05, 4.69) is 14.9 Å². The van der Waals surface area contributed by atoms with E-state index in [1.54, 1.807) is 6.92 Å². The number of carbonyl (C=O) groups is 1. The molecule has 1 amide bonds. The highest BCUT2D eigenvalue weighted by Crippen LogP contribution is 2.25. The number of likely N-dealkylation sites (tertiary alicyclic amines) is 2. The maximum atomic E-state index is 12.7. The molecule has 2 saturated heterocycles. The topological polar surface area (TPSA) is 89.5 Å². The molecule has 7 heteroatoms. The van der Waals surface area contributed by atoms with Gasteiger partial charge in [-0.3, -0.25) is 9.59 Å². The Morgan fingerprint density at radius 2 is 1.92 bits per heavy atom. The van der Waals surface area contributed by atoms with E-state index in [9.17, 15) is 14.7 Å². The van der Waals surface area contributed by atoms with Gasteiger partial charge in [-0.2, -0.15) is 0 Å². The van der Waals surface area contributed by atoms with Crippen LogP contribution >= 0.6 is 0 Å². The van der Waals surface area contributed by atoms with Gasteiger partial charge in [0, 0.05) is 43.9 Å². The van der Waals surface area contributed by atoms with E-state index in [0.29, 0.717) is 30.4 Å². The third-order valence-corrected chi connectivity index (χ3v) is 5.70. The SMILES string of the molecule is Cc1ncc(CC(=O)N2C[C@@H](CN3CCCCCC3)[C@@H](CO)C2)c(=O)[nH]1. The molecule has 0 aliphatic carbocycles. The van der Waals surface area contributed by atoms with Crippen molar-refractivity contribution in [3.05, 3.63) is 27.9 Å². The summed E-state index contributed by atoms with van der Waals surface area (Å²) in [5.74, 6) is 0.913. The monoisotopic (exact) mass is 362 g/mol. The van der Waals surface area contributed by atoms with Gasteiger partial charge in [-0.05, 0) is 38.8 Å². The number of hydrogen-bond donors (Lipinski definition) is 2. The second-order valence-electron chi connectivity index (χ2n) is 7.72. The van der Waals surface area contributed by atoms with Crippen LogP contribution < -0.4 is 5.56 Å². The molecule has 7 nitrogen and oxygen atoms in total. The van der Waals surface area contributed by atoms with Gasteiger partial charge in [0.2, 0.25) is 5.91 Å². The van der Waals surface area contributed by atoms with E-state index in [1.807, 2.05) is 4.90 Å². The molecule has 2 aliphatic rings. The summed E-state index contributed by atoms with van der Waals surface area (Å²) >= 11 is 0. The Morgan fingerprint density at radius 1 is 1.23 bits per heavy atom.